The lowest BCUT2D eigenvalue weighted by Crippen LogP contribution is -2.37. The van der Waals surface area contributed by atoms with Crippen LogP contribution >= 0.6 is 22.9 Å². The number of amides is 2. The Labute approximate surface area is 175 Å². The summed E-state index contributed by atoms with van der Waals surface area (Å²) in [5, 5.41) is 3.64. The van der Waals surface area contributed by atoms with E-state index in [9.17, 15) is 18.4 Å². The maximum absolute atomic E-state index is 13.7. The molecule has 1 aromatic heterocycles. The molecule has 0 aliphatic rings. The van der Waals surface area contributed by atoms with Crippen LogP contribution in [0.15, 0.2) is 48.5 Å². The summed E-state index contributed by atoms with van der Waals surface area (Å²) in [7, 11) is 0. The number of hydrogen-bond acceptors (Lipinski definition) is 3. The van der Waals surface area contributed by atoms with Crippen molar-refractivity contribution in [3.63, 3.8) is 0 Å². The zero-order chi connectivity index (χ0) is 21.0. The van der Waals surface area contributed by atoms with Gasteiger partial charge in [-0.25, -0.2) is 8.78 Å². The molecule has 0 saturated heterocycles. The first kappa shape index (κ1) is 21.0. The average molecular weight is 435 g/mol. The number of carbonyl (C=O) groups is 2. The van der Waals surface area contributed by atoms with Crippen LogP contribution in [0.1, 0.15) is 11.8 Å². The molecule has 2 aromatic carbocycles. The Kier molecular flexibility index (Phi) is 6.61. The number of likely N-dealkylation sites (N-methyl/N-ethyl adjacent to an activating group) is 1. The van der Waals surface area contributed by atoms with E-state index < -0.39 is 29.1 Å². The predicted octanol–water partition coefficient (Wildman–Crippen LogP) is 5.33. The molecule has 4 nitrogen and oxygen atoms in total. The van der Waals surface area contributed by atoms with Gasteiger partial charge >= 0.3 is 0 Å². The standard InChI is InChI=1S/C21H17ClF2N2O2S/c1-2-26(12-18(27)25-21-14(23)7-5-8-15(21)24)19(28)11-10-17-20(22)13-6-3-4-9-16(13)29-17/h3-11H,2,12H2,1H3,(H,25,27). The van der Waals surface area contributed by atoms with Crippen molar-refractivity contribution >= 4 is 56.6 Å². The Morgan fingerprint density at radius 2 is 1.83 bits per heavy atom. The molecule has 8 heteroatoms. The van der Waals surface area contributed by atoms with Crippen molar-refractivity contribution in [3.05, 3.63) is 70.1 Å². The Morgan fingerprint density at radius 1 is 1.14 bits per heavy atom. The van der Waals surface area contributed by atoms with E-state index in [-0.39, 0.29) is 13.1 Å². The van der Waals surface area contributed by atoms with Crippen molar-refractivity contribution in [2.24, 2.45) is 0 Å². The fourth-order valence-corrected chi connectivity index (χ4v) is 4.11. The maximum Gasteiger partial charge on any atom is 0.247 e. The van der Waals surface area contributed by atoms with Gasteiger partial charge in [-0.15, -0.1) is 11.3 Å². The molecular weight excluding hydrogens is 418 g/mol. The van der Waals surface area contributed by atoms with Crippen molar-refractivity contribution in [1.82, 2.24) is 4.90 Å². The van der Waals surface area contributed by atoms with Crippen LogP contribution in [-0.4, -0.2) is 29.8 Å². The molecule has 29 heavy (non-hydrogen) atoms. The molecule has 0 aliphatic carbocycles. The number of carbonyl (C=O) groups excluding carboxylic acids is 2. The first-order valence-corrected chi connectivity index (χ1v) is 9.98. The number of thiophene rings is 1. The van der Waals surface area contributed by atoms with Gasteiger partial charge in [-0.3, -0.25) is 9.59 Å². The van der Waals surface area contributed by atoms with Gasteiger partial charge in [0.15, 0.2) is 0 Å². The van der Waals surface area contributed by atoms with Gasteiger partial charge in [0, 0.05) is 27.6 Å². The zero-order valence-corrected chi connectivity index (χ0v) is 17.0. The lowest BCUT2D eigenvalue weighted by atomic mass is 10.2. The number of benzene rings is 2. The van der Waals surface area contributed by atoms with Crippen molar-refractivity contribution < 1.29 is 18.4 Å². The topological polar surface area (TPSA) is 49.4 Å². The van der Waals surface area contributed by atoms with Gasteiger partial charge < -0.3 is 10.2 Å². The van der Waals surface area contributed by atoms with E-state index in [0.717, 1.165) is 27.1 Å². The third-order valence-corrected chi connectivity index (χ3v) is 5.85. The summed E-state index contributed by atoms with van der Waals surface area (Å²) in [4.78, 5) is 26.6. The van der Waals surface area contributed by atoms with Crippen LogP contribution in [0.2, 0.25) is 5.02 Å². The molecular formula is C21H17ClF2N2O2S. The highest BCUT2D eigenvalue weighted by Gasteiger charge is 2.17. The fraction of sp³-hybridized carbons (Fsp3) is 0.143. The molecule has 0 atom stereocenters. The van der Waals surface area contributed by atoms with Crippen LogP contribution in [0.3, 0.4) is 0 Å². The van der Waals surface area contributed by atoms with Gasteiger partial charge in [-0.2, -0.15) is 0 Å². The Bertz CT molecular complexity index is 1080. The molecule has 0 bridgehead atoms. The lowest BCUT2D eigenvalue weighted by molar-refractivity contribution is -0.130. The summed E-state index contributed by atoms with van der Waals surface area (Å²) in [6.45, 7) is 1.61. The summed E-state index contributed by atoms with van der Waals surface area (Å²) in [6.07, 6.45) is 2.93. The summed E-state index contributed by atoms with van der Waals surface area (Å²) in [5.74, 6) is -2.87. The number of halogens is 3. The van der Waals surface area contributed by atoms with Gasteiger partial charge in [0.05, 0.1) is 5.02 Å². The Hall–Kier alpha value is -2.77. The van der Waals surface area contributed by atoms with E-state index in [1.165, 1.54) is 28.4 Å². The van der Waals surface area contributed by atoms with E-state index in [4.69, 9.17) is 11.6 Å². The van der Waals surface area contributed by atoms with Crippen molar-refractivity contribution in [3.8, 4) is 0 Å². The number of hydrogen-bond donors (Lipinski definition) is 1. The average Bonchev–Trinajstić information content (AvgIpc) is 3.03. The van der Waals surface area contributed by atoms with Gasteiger partial charge in [0.2, 0.25) is 11.8 Å². The van der Waals surface area contributed by atoms with E-state index in [0.29, 0.717) is 5.02 Å². The van der Waals surface area contributed by atoms with Gasteiger partial charge in [-0.05, 0) is 31.2 Å². The molecule has 1 N–H and O–H groups in total. The van der Waals surface area contributed by atoms with E-state index in [1.807, 2.05) is 24.3 Å². The minimum Gasteiger partial charge on any atom is -0.330 e. The summed E-state index contributed by atoms with van der Waals surface area (Å²) in [6, 6.07) is 10.9. The van der Waals surface area contributed by atoms with Crippen molar-refractivity contribution in [1.29, 1.82) is 0 Å². The third-order valence-electron chi connectivity index (χ3n) is 4.19. The highest BCUT2D eigenvalue weighted by molar-refractivity contribution is 7.20. The van der Waals surface area contributed by atoms with E-state index >= 15 is 0 Å². The number of nitrogens with zero attached hydrogens (tertiary/aromatic N) is 1. The molecule has 3 aromatic rings. The maximum atomic E-state index is 13.7. The largest absolute Gasteiger partial charge is 0.330 e. The van der Waals surface area contributed by atoms with Gasteiger partial charge in [0.1, 0.15) is 23.9 Å². The number of rotatable bonds is 6. The second-order valence-corrected chi connectivity index (χ2v) is 7.57. The third kappa shape index (κ3) is 4.81. The van der Waals surface area contributed by atoms with E-state index in [1.54, 1.807) is 13.0 Å². The van der Waals surface area contributed by atoms with Crippen molar-refractivity contribution in [2.75, 3.05) is 18.4 Å². The molecule has 3 rings (SSSR count). The summed E-state index contributed by atoms with van der Waals surface area (Å²) < 4.78 is 28.3. The lowest BCUT2D eigenvalue weighted by Gasteiger charge is -2.18. The Balaban J connectivity index is 1.69. The summed E-state index contributed by atoms with van der Waals surface area (Å²) >= 11 is 7.81. The summed E-state index contributed by atoms with van der Waals surface area (Å²) in [5.41, 5.74) is -0.534. The molecule has 2 amide bonds. The molecule has 1 heterocycles. The molecule has 0 saturated carbocycles. The van der Waals surface area contributed by atoms with Crippen LogP contribution in [0.4, 0.5) is 14.5 Å². The number of anilines is 1. The highest BCUT2D eigenvalue weighted by atomic mass is 35.5. The second kappa shape index (κ2) is 9.15. The number of fused-ring (bicyclic) bond motifs is 1. The first-order valence-electron chi connectivity index (χ1n) is 8.78. The Morgan fingerprint density at radius 3 is 2.48 bits per heavy atom. The van der Waals surface area contributed by atoms with Gasteiger partial charge in [0.25, 0.3) is 0 Å². The van der Waals surface area contributed by atoms with E-state index in [2.05, 4.69) is 5.32 Å². The van der Waals surface area contributed by atoms with Crippen LogP contribution in [-0.2, 0) is 9.59 Å². The number of nitrogens with one attached hydrogen (secondary N) is 1. The molecule has 0 spiro atoms. The fourth-order valence-electron chi connectivity index (χ4n) is 2.71. The van der Waals surface area contributed by atoms with Gasteiger partial charge in [-0.1, -0.05) is 35.9 Å². The van der Waals surface area contributed by atoms with Crippen molar-refractivity contribution in [2.45, 2.75) is 6.92 Å². The molecule has 0 aliphatic heterocycles. The van der Waals surface area contributed by atoms with Crippen LogP contribution in [0, 0.1) is 11.6 Å². The zero-order valence-electron chi connectivity index (χ0n) is 15.4. The molecule has 0 radical (unpaired) electrons. The monoisotopic (exact) mass is 434 g/mol. The second-order valence-electron chi connectivity index (χ2n) is 6.11. The molecule has 0 unspecified atom stereocenters. The first-order chi connectivity index (χ1) is 13.9. The van der Waals surface area contributed by atoms with Crippen LogP contribution in [0.5, 0.6) is 0 Å². The van der Waals surface area contributed by atoms with Crippen LogP contribution < -0.4 is 5.32 Å². The number of para-hydroxylation sites is 1. The normalized spacial score (nSPS) is 11.2. The molecule has 150 valence electrons. The minimum absolute atomic E-state index is 0.247. The quantitative estimate of drug-likeness (QED) is 0.533. The highest BCUT2D eigenvalue weighted by Crippen LogP contribution is 2.35. The smallest absolute Gasteiger partial charge is 0.247 e. The van der Waals surface area contributed by atoms with Crippen LogP contribution in [0.25, 0.3) is 16.2 Å². The predicted molar refractivity (Wildman–Crippen MR) is 113 cm³/mol. The SMILES string of the molecule is CCN(CC(=O)Nc1c(F)cccc1F)C(=O)C=Cc1sc2ccccc2c1Cl. The molecule has 0 fully saturated rings. The minimum atomic E-state index is -0.882.